The predicted molar refractivity (Wildman–Crippen MR) is 266 cm³/mol. The maximum absolute atomic E-state index is 13.0. The van der Waals surface area contributed by atoms with Crippen molar-refractivity contribution >= 4 is 52.7 Å². The van der Waals surface area contributed by atoms with Gasteiger partial charge in [0.2, 0.25) is 5.91 Å². The minimum absolute atomic E-state index is 0.0586. The van der Waals surface area contributed by atoms with Crippen LogP contribution in [0.15, 0.2) is 84.4 Å². The van der Waals surface area contributed by atoms with Crippen molar-refractivity contribution in [1.29, 1.82) is 5.26 Å². The van der Waals surface area contributed by atoms with Crippen LogP contribution in [-0.2, 0) is 44.4 Å². The number of ether oxygens (including phenoxy) is 7. The van der Waals surface area contributed by atoms with Crippen LogP contribution < -0.4 is 20.3 Å². The van der Waals surface area contributed by atoms with Gasteiger partial charge in [-0.25, -0.2) is 4.98 Å². The molecule has 5 rings (SSSR count). The summed E-state index contributed by atoms with van der Waals surface area (Å²) in [6.45, 7) is 11.5. The molecule has 69 heavy (non-hydrogen) atoms. The average molecular weight is 989 g/mol. The Kier molecular flexibility index (Phi) is 23.9. The molecular formula is C52H63Cl2N5O10. The van der Waals surface area contributed by atoms with E-state index >= 15 is 0 Å². The van der Waals surface area contributed by atoms with Crippen LogP contribution in [-0.4, -0.2) is 121 Å². The molecule has 17 heteroatoms. The first-order valence-electron chi connectivity index (χ1n) is 23.3. The molecule has 2 heterocycles. The van der Waals surface area contributed by atoms with Crippen LogP contribution in [0.3, 0.4) is 0 Å². The number of amides is 3. The third-order valence-corrected chi connectivity index (χ3v) is 11.5. The van der Waals surface area contributed by atoms with Crippen LogP contribution in [0.5, 0.6) is 5.75 Å². The molecule has 3 amide bonds. The smallest absolute Gasteiger partial charge is 0.262 e. The fourth-order valence-corrected chi connectivity index (χ4v) is 7.76. The van der Waals surface area contributed by atoms with Crippen LogP contribution >= 0.6 is 23.2 Å². The first kappa shape index (κ1) is 54.5. The Morgan fingerprint density at radius 3 is 1.94 bits per heavy atom. The number of aryl methyl sites for hydroxylation is 1. The van der Waals surface area contributed by atoms with Gasteiger partial charge in [0.25, 0.3) is 11.8 Å². The lowest BCUT2D eigenvalue weighted by atomic mass is 9.93. The molecule has 15 nitrogen and oxygen atoms in total. The highest BCUT2D eigenvalue weighted by Crippen LogP contribution is 2.34. The summed E-state index contributed by atoms with van der Waals surface area (Å²) in [7, 11) is 0. The van der Waals surface area contributed by atoms with E-state index in [2.05, 4.69) is 28.6 Å². The molecule has 0 spiro atoms. The van der Waals surface area contributed by atoms with Crippen molar-refractivity contribution in [1.82, 2.24) is 15.6 Å². The van der Waals surface area contributed by atoms with E-state index in [1.165, 1.54) is 17.7 Å². The summed E-state index contributed by atoms with van der Waals surface area (Å²) in [5.41, 5.74) is 5.79. The third kappa shape index (κ3) is 18.5. The largest absolute Gasteiger partial charge is 0.491 e. The third-order valence-electron chi connectivity index (χ3n) is 11.0. The molecule has 3 aromatic carbocycles. The van der Waals surface area contributed by atoms with Crippen LogP contribution in [0.4, 0.5) is 5.69 Å². The molecule has 2 N–H and O–H groups in total. The molecule has 0 saturated heterocycles. The number of halogens is 2. The highest BCUT2D eigenvalue weighted by Gasteiger charge is 2.26. The quantitative estimate of drug-likeness (QED) is 0.0222. The number of nitrogens with one attached hydrogen (secondary N) is 2. The van der Waals surface area contributed by atoms with E-state index in [-0.39, 0.29) is 45.3 Å². The second kappa shape index (κ2) is 30.3. The Morgan fingerprint density at radius 2 is 1.36 bits per heavy atom. The molecule has 1 aliphatic rings. The molecule has 0 saturated carbocycles. The molecular weight excluding hydrogens is 926 g/mol. The van der Waals surface area contributed by atoms with Gasteiger partial charge in [-0.3, -0.25) is 14.4 Å². The Labute approximate surface area is 415 Å². The summed E-state index contributed by atoms with van der Waals surface area (Å²) < 4.78 is 39.2. The maximum Gasteiger partial charge on any atom is 0.262 e. The van der Waals surface area contributed by atoms with Gasteiger partial charge in [-0.15, -0.1) is 0 Å². The van der Waals surface area contributed by atoms with Crippen LogP contribution in [0.25, 0.3) is 17.2 Å². The topological polar surface area (TPSA) is 180 Å². The van der Waals surface area contributed by atoms with E-state index in [9.17, 15) is 19.6 Å². The Bertz CT molecular complexity index is 2310. The first-order valence-corrected chi connectivity index (χ1v) is 24.1. The minimum Gasteiger partial charge on any atom is -0.491 e. The lowest BCUT2D eigenvalue weighted by Crippen LogP contribution is -2.40. The van der Waals surface area contributed by atoms with E-state index in [0.717, 1.165) is 41.6 Å². The van der Waals surface area contributed by atoms with Gasteiger partial charge >= 0.3 is 0 Å². The Morgan fingerprint density at radius 1 is 0.783 bits per heavy atom. The summed E-state index contributed by atoms with van der Waals surface area (Å²) in [6, 6.07) is 26.1. The zero-order valence-electron chi connectivity index (χ0n) is 39.6. The molecule has 1 aromatic heterocycles. The number of hydrogen-bond acceptors (Lipinski definition) is 12. The van der Waals surface area contributed by atoms with E-state index in [1.54, 1.807) is 13.0 Å². The first-order chi connectivity index (χ1) is 33.6. The molecule has 0 radical (unpaired) electrons. The Hall–Kier alpha value is -5.41. The van der Waals surface area contributed by atoms with E-state index in [1.807, 2.05) is 78.6 Å². The molecule has 4 aromatic rings. The molecule has 0 aliphatic carbocycles. The molecule has 2 atom stereocenters. The van der Waals surface area contributed by atoms with Crippen molar-refractivity contribution in [3.05, 3.63) is 117 Å². The number of nitriles is 1. The summed E-state index contributed by atoms with van der Waals surface area (Å²) in [5.74, 6) is 0.0251. The molecule has 0 bridgehead atoms. The fourth-order valence-electron chi connectivity index (χ4n) is 7.45. The highest BCUT2D eigenvalue weighted by atomic mass is 35.5. The fraction of sp³-hybridized carbons (Fsp3) is 0.442. The number of rotatable bonds is 30. The van der Waals surface area contributed by atoms with Gasteiger partial charge in [-0.05, 0) is 103 Å². The van der Waals surface area contributed by atoms with Gasteiger partial charge in [0.1, 0.15) is 29.2 Å². The summed E-state index contributed by atoms with van der Waals surface area (Å²) in [4.78, 5) is 43.9. The van der Waals surface area contributed by atoms with Crippen molar-refractivity contribution in [3.8, 4) is 22.9 Å². The second-order valence-corrected chi connectivity index (χ2v) is 16.8. The van der Waals surface area contributed by atoms with Gasteiger partial charge < -0.3 is 48.7 Å². The normalized spacial score (nSPS) is 13.9. The number of carbonyl (C=O) groups is 3. The van der Waals surface area contributed by atoms with Crippen LogP contribution in [0.2, 0.25) is 10.2 Å². The Balaban J connectivity index is 0.797. The summed E-state index contributed by atoms with van der Waals surface area (Å²) in [5, 5.41) is 16.0. The predicted octanol–water partition coefficient (Wildman–Crippen LogP) is 8.22. The van der Waals surface area contributed by atoms with Gasteiger partial charge in [0.15, 0.2) is 0 Å². The van der Waals surface area contributed by atoms with Crippen molar-refractivity contribution in [2.75, 3.05) is 97.3 Å². The molecule has 0 fully saturated rings. The average Bonchev–Trinajstić information content (AvgIpc) is 3.35. The monoisotopic (exact) mass is 987 g/mol. The standard InChI is InChI=1S/C52H63Cl2N5O10/c1-4-5-47(58-52(62)44(36-55)35-48-46(53)17-19-50(54)57-48)40-12-15-45(16-13-40)69-33-32-68-31-30-67-29-28-66-27-26-65-25-24-64-23-22-63-21-20-56-51(61)41-10-8-39(9-11-41)42-14-18-49-43(34-42)7-6-37(2)59(49)38(3)60/h8-19,34-35,37,47H,4-7,20-33H2,1-3H3,(H,56,61)(H,58,62)/b44-35+/t37-,47?/m0/s1. The van der Waals surface area contributed by atoms with Gasteiger partial charge in [-0.1, -0.05) is 66.9 Å². The molecule has 370 valence electrons. The van der Waals surface area contributed by atoms with Gasteiger partial charge in [0, 0.05) is 30.8 Å². The number of carbonyl (C=O) groups excluding carboxylic acids is 3. The SMILES string of the molecule is CCCC(NC(=O)/C(C#N)=C/c1nc(Cl)ccc1Cl)c1ccc(OCCOCCOCCOCCOCCOCCOCCNC(=O)c2ccc(-c3ccc4c(c3)CC[C@H](C)N4C(C)=O)cc2)cc1. The number of benzene rings is 3. The number of aromatic nitrogens is 1. The number of fused-ring (bicyclic) bond motifs is 1. The van der Waals surface area contributed by atoms with Gasteiger partial charge in [-0.2, -0.15) is 5.26 Å². The number of nitrogens with zero attached hydrogens (tertiary/aromatic N) is 3. The van der Waals surface area contributed by atoms with Crippen LogP contribution in [0, 0.1) is 11.3 Å². The van der Waals surface area contributed by atoms with Crippen molar-refractivity contribution < 1.29 is 47.5 Å². The maximum atomic E-state index is 13.0. The van der Waals surface area contributed by atoms with E-state index in [4.69, 9.17) is 56.4 Å². The lowest BCUT2D eigenvalue weighted by molar-refractivity contribution is -0.118. The molecule has 1 unspecified atom stereocenters. The summed E-state index contributed by atoms with van der Waals surface area (Å²) in [6.07, 6.45) is 4.67. The van der Waals surface area contributed by atoms with E-state index in [0.29, 0.717) is 110 Å². The van der Waals surface area contributed by atoms with Gasteiger partial charge in [0.05, 0.1) is 96.0 Å². The minimum atomic E-state index is -0.535. The zero-order chi connectivity index (χ0) is 49.2. The van der Waals surface area contributed by atoms with E-state index < -0.39 is 5.91 Å². The number of hydrogen-bond donors (Lipinski definition) is 2. The van der Waals surface area contributed by atoms with Crippen LogP contribution in [0.1, 0.15) is 73.3 Å². The molecule has 1 aliphatic heterocycles. The zero-order valence-corrected chi connectivity index (χ0v) is 41.2. The highest BCUT2D eigenvalue weighted by molar-refractivity contribution is 6.33. The van der Waals surface area contributed by atoms with Crippen molar-refractivity contribution in [2.45, 2.75) is 58.5 Å². The number of pyridine rings is 1. The lowest BCUT2D eigenvalue weighted by Gasteiger charge is -2.34. The summed E-state index contributed by atoms with van der Waals surface area (Å²) >= 11 is 12.1. The number of anilines is 1. The van der Waals surface area contributed by atoms with Crippen molar-refractivity contribution in [3.63, 3.8) is 0 Å². The second-order valence-electron chi connectivity index (χ2n) is 16.0. The van der Waals surface area contributed by atoms with Crippen molar-refractivity contribution in [2.24, 2.45) is 0 Å².